The standard InChI is InChI=1S/C12H15BrClNO2S/c1-9-7-12(10(13)8-11(9)14)18(16,17)15-5-3-2-4-6-15/h7-8H,2-6H2,1H3. The molecule has 0 N–H and O–H groups in total. The van der Waals surface area contributed by atoms with Gasteiger partial charge in [0.05, 0.1) is 4.90 Å². The van der Waals surface area contributed by atoms with Crippen molar-refractivity contribution in [1.82, 2.24) is 4.31 Å². The molecule has 1 fully saturated rings. The summed E-state index contributed by atoms with van der Waals surface area (Å²) in [4.78, 5) is 0.311. The zero-order valence-electron chi connectivity index (χ0n) is 10.1. The van der Waals surface area contributed by atoms with Crippen LogP contribution in [0.1, 0.15) is 24.8 Å². The Bertz CT molecular complexity index is 553. The molecule has 0 spiro atoms. The fourth-order valence-electron chi connectivity index (χ4n) is 2.07. The number of piperidine rings is 1. The van der Waals surface area contributed by atoms with Gasteiger partial charge in [0, 0.05) is 22.6 Å². The van der Waals surface area contributed by atoms with E-state index in [1.54, 1.807) is 16.4 Å². The Morgan fingerprint density at radius 1 is 1.22 bits per heavy atom. The molecule has 1 aromatic carbocycles. The Morgan fingerprint density at radius 2 is 1.83 bits per heavy atom. The van der Waals surface area contributed by atoms with Crippen molar-refractivity contribution >= 4 is 37.6 Å². The SMILES string of the molecule is Cc1cc(S(=O)(=O)N2CCCCC2)c(Br)cc1Cl. The van der Waals surface area contributed by atoms with Gasteiger partial charge in [-0.15, -0.1) is 0 Å². The summed E-state index contributed by atoms with van der Waals surface area (Å²) in [6.07, 6.45) is 2.97. The van der Waals surface area contributed by atoms with Gasteiger partial charge in [0.2, 0.25) is 10.0 Å². The van der Waals surface area contributed by atoms with Gasteiger partial charge in [0.1, 0.15) is 0 Å². The topological polar surface area (TPSA) is 37.4 Å². The fourth-order valence-corrected chi connectivity index (χ4v) is 4.97. The number of aryl methyl sites for hydroxylation is 1. The molecule has 1 aromatic rings. The number of hydrogen-bond acceptors (Lipinski definition) is 2. The van der Waals surface area contributed by atoms with Gasteiger partial charge in [0.15, 0.2) is 0 Å². The van der Waals surface area contributed by atoms with E-state index in [2.05, 4.69) is 15.9 Å². The smallest absolute Gasteiger partial charge is 0.207 e. The number of halogens is 2. The van der Waals surface area contributed by atoms with Crippen molar-refractivity contribution in [3.8, 4) is 0 Å². The van der Waals surface area contributed by atoms with Crippen LogP contribution in [-0.4, -0.2) is 25.8 Å². The highest BCUT2D eigenvalue weighted by Gasteiger charge is 2.28. The van der Waals surface area contributed by atoms with Crippen LogP contribution in [0.4, 0.5) is 0 Å². The molecule has 0 aliphatic carbocycles. The summed E-state index contributed by atoms with van der Waals surface area (Å²) < 4.78 is 27.1. The van der Waals surface area contributed by atoms with Crippen LogP contribution in [0.2, 0.25) is 5.02 Å². The Morgan fingerprint density at radius 3 is 2.44 bits per heavy atom. The van der Waals surface area contributed by atoms with Crippen LogP contribution in [-0.2, 0) is 10.0 Å². The predicted octanol–water partition coefficient (Wildman–Crippen LogP) is 3.59. The molecule has 0 saturated carbocycles. The lowest BCUT2D eigenvalue weighted by Gasteiger charge is -2.26. The summed E-state index contributed by atoms with van der Waals surface area (Å²) >= 11 is 9.28. The number of nitrogens with zero attached hydrogens (tertiary/aromatic N) is 1. The molecule has 1 aliphatic heterocycles. The average Bonchev–Trinajstić information content (AvgIpc) is 2.34. The van der Waals surface area contributed by atoms with Gasteiger partial charge in [-0.1, -0.05) is 18.0 Å². The van der Waals surface area contributed by atoms with E-state index in [9.17, 15) is 8.42 Å². The molecule has 2 rings (SSSR count). The van der Waals surface area contributed by atoms with E-state index in [1.807, 2.05) is 6.92 Å². The molecule has 1 aliphatic rings. The fraction of sp³-hybridized carbons (Fsp3) is 0.500. The zero-order valence-corrected chi connectivity index (χ0v) is 13.3. The molecule has 100 valence electrons. The van der Waals surface area contributed by atoms with Crippen LogP contribution >= 0.6 is 27.5 Å². The second kappa shape index (κ2) is 5.49. The largest absolute Gasteiger partial charge is 0.244 e. The van der Waals surface area contributed by atoms with Crippen LogP contribution in [0.15, 0.2) is 21.5 Å². The monoisotopic (exact) mass is 351 g/mol. The van der Waals surface area contributed by atoms with Gasteiger partial charge < -0.3 is 0 Å². The van der Waals surface area contributed by atoms with Gasteiger partial charge in [-0.05, 0) is 53.4 Å². The third-order valence-electron chi connectivity index (χ3n) is 3.15. The Balaban J connectivity index is 2.43. The highest BCUT2D eigenvalue weighted by molar-refractivity contribution is 9.10. The van der Waals surface area contributed by atoms with Crippen molar-refractivity contribution in [1.29, 1.82) is 0 Å². The minimum absolute atomic E-state index is 0.311. The molecule has 3 nitrogen and oxygen atoms in total. The van der Waals surface area contributed by atoms with Crippen molar-refractivity contribution in [2.75, 3.05) is 13.1 Å². The van der Waals surface area contributed by atoms with Crippen molar-refractivity contribution in [2.24, 2.45) is 0 Å². The van der Waals surface area contributed by atoms with Crippen LogP contribution in [0.5, 0.6) is 0 Å². The lowest BCUT2D eigenvalue weighted by Crippen LogP contribution is -2.35. The zero-order chi connectivity index (χ0) is 13.3. The quantitative estimate of drug-likeness (QED) is 0.816. The van der Waals surface area contributed by atoms with E-state index in [1.165, 1.54) is 0 Å². The van der Waals surface area contributed by atoms with Gasteiger partial charge in [0.25, 0.3) is 0 Å². The molecular formula is C12H15BrClNO2S. The number of benzene rings is 1. The van der Waals surface area contributed by atoms with Crippen molar-refractivity contribution in [3.63, 3.8) is 0 Å². The van der Waals surface area contributed by atoms with Gasteiger partial charge in [-0.25, -0.2) is 8.42 Å². The Kier molecular flexibility index (Phi) is 4.36. The first-order chi connectivity index (χ1) is 8.43. The van der Waals surface area contributed by atoms with Gasteiger partial charge in [-0.2, -0.15) is 4.31 Å². The lowest BCUT2D eigenvalue weighted by molar-refractivity contribution is 0.346. The summed E-state index contributed by atoms with van der Waals surface area (Å²) in [5, 5.41) is 0.569. The van der Waals surface area contributed by atoms with Gasteiger partial charge in [-0.3, -0.25) is 0 Å². The molecule has 0 unspecified atom stereocenters. The highest BCUT2D eigenvalue weighted by atomic mass is 79.9. The normalized spacial score (nSPS) is 17.9. The van der Waals surface area contributed by atoms with E-state index in [4.69, 9.17) is 11.6 Å². The third kappa shape index (κ3) is 2.74. The number of rotatable bonds is 2. The maximum Gasteiger partial charge on any atom is 0.244 e. The van der Waals surface area contributed by atoms with Gasteiger partial charge >= 0.3 is 0 Å². The molecular weight excluding hydrogens is 338 g/mol. The van der Waals surface area contributed by atoms with Crippen LogP contribution < -0.4 is 0 Å². The van der Waals surface area contributed by atoms with E-state index in [-0.39, 0.29) is 0 Å². The molecule has 6 heteroatoms. The summed E-state index contributed by atoms with van der Waals surface area (Å²) in [5.41, 5.74) is 0.774. The summed E-state index contributed by atoms with van der Waals surface area (Å²) in [6.45, 7) is 3.02. The molecule has 0 radical (unpaired) electrons. The molecule has 0 amide bonds. The summed E-state index contributed by atoms with van der Waals surface area (Å²) in [5.74, 6) is 0. The number of hydrogen-bond donors (Lipinski definition) is 0. The van der Waals surface area contributed by atoms with Crippen LogP contribution in [0.25, 0.3) is 0 Å². The highest BCUT2D eigenvalue weighted by Crippen LogP contribution is 2.31. The first-order valence-electron chi connectivity index (χ1n) is 5.89. The first kappa shape index (κ1) is 14.3. The number of sulfonamides is 1. The van der Waals surface area contributed by atoms with Crippen molar-refractivity contribution < 1.29 is 8.42 Å². The first-order valence-corrected chi connectivity index (χ1v) is 8.50. The van der Waals surface area contributed by atoms with E-state index in [0.717, 1.165) is 24.8 Å². The second-order valence-corrected chi connectivity index (χ2v) is 7.66. The van der Waals surface area contributed by atoms with Crippen molar-refractivity contribution in [3.05, 3.63) is 27.2 Å². The van der Waals surface area contributed by atoms with Crippen molar-refractivity contribution in [2.45, 2.75) is 31.1 Å². The third-order valence-corrected chi connectivity index (χ3v) is 6.41. The molecule has 0 atom stereocenters. The maximum absolute atomic E-state index is 12.5. The van der Waals surface area contributed by atoms with E-state index in [0.29, 0.717) is 27.5 Å². The molecule has 1 heterocycles. The minimum atomic E-state index is -3.40. The minimum Gasteiger partial charge on any atom is -0.207 e. The summed E-state index contributed by atoms with van der Waals surface area (Å²) in [7, 11) is -3.40. The average molecular weight is 353 g/mol. The Hall–Kier alpha value is -0.100. The maximum atomic E-state index is 12.5. The Labute approximate surface area is 121 Å². The predicted molar refractivity (Wildman–Crippen MR) is 76.5 cm³/mol. The molecule has 18 heavy (non-hydrogen) atoms. The molecule has 0 bridgehead atoms. The van der Waals surface area contributed by atoms with Crippen LogP contribution in [0, 0.1) is 6.92 Å². The molecule has 0 aromatic heterocycles. The van der Waals surface area contributed by atoms with Crippen LogP contribution in [0.3, 0.4) is 0 Å². The lowest BCUT2D eigenvalue weighted by atomic mass is 10.2. The summed E-state index contributed by atoms with van der Waals surface area (Å²) in [6, 6.07) is 3.28. The van der Waals surface area contributed by atoms with E-state index >= 15 is 0 Å². The molecule has 1 saturated heterocycles. The van der Waals surface area contributed by atoms with E-state index < -0.39 is 10.0 Å². The second-order valence-electron chi connectivity index (χ2n) is 4.50.